The highest BCUT2D eigenvalue weighted by Crippen LogP contribution is 2.27. The number of amides is 2. The van der Waals surface area contributed by atoms with Crippen LogP contribution in [0.25, 0.3) is 0 Å². The Morgan fingerprint density at radius 3 is 2.41 bits per heavy atom. The van der Waals surface area contributed by atoms with Gasteiger partial charge < -0.3 is 10.2 Å². The SMILES string of the molecule is C[C@H](NC(=O)N1CCC(F)(F)C1)c1ccc(S(N)(=O)=O)cc1. The number of urea groups is 1. The fourth-order valence-electron chi connectivity index (χ4n) is 2.22. The summed E-state index contributed by atoms with van der Waals surface area (Å²) >= 11 is 0. The van der Waals surface area contributed by atoms with Crippen LogP contribution in [0, 0.1) is 0 Å². The lowest BCUT2D eigenvalue weighted by molar-refractivity contribution is 0.0153. The molecule has 3 N–H and O–H groups in total. The van der Waals surface area contributed by atoms with Crippen molar-refractivity contribution in [1.82, 2.24) is 10.2 Å². The van der Waals surface area contributed by atoms with E-state index in [-0.39, 0.29) is 17.9 Å². The van der Waals surface area contributed by atoms with Crippen molar-refractivity contribution in [2.75, 3.05) is 13.1 Å². The predicted octanol–water partition coefficient (Wildman–Crippen LogP) is 1.45. The summed E-state index contributed by atoms with van der Waals surface area (Å²) in [7, 11) is -3.77. The molecule has 0 saturated carbocycles. The molecule has 1 atom stereocenters. The van der Waals surface area contributed by atoms with E-state index in [0.717, 1.165) is 4.90 Å². The number of alkyl halides is 2. The van der Waals surface area contributed by atoms with E-state index in [1.165, 1.54) is 24.3 Å². The maximum absolute atomic E-state index is 13.1. The molecular weight excluding hydrogens is 316 g/mol. The molecule has 0 unspecified atom stereocenters. The highest BCUT2D eigenvalue weighted by atomic mass is 32.2. The van der Waals surface area contributed by atoms with Crippen LogP contribution < -0.4 is 10.5 Å². The average Bonchev–Trinajstić information content (AvgIpc) is 2.78. The summed E-state index contributed by atoms with van der Waals surface area (Å²) in [6.45, 7) is 1.10. The van der Waals surface area contributed by atoms with Gasteiger partial charge in [-0.1, -0.05) is 12.1 Å². The van der Waals surface area contributed by atoms with Gasteiger partial charge in [0, 0.05) is 13.0 Å². The van der Waals surface area contributed by atoms with Crippen LogP contribution >= 0.6 is 0 Å². The molecule has 2 rings (SSSR count). The minimum Gasteiger partial charge on any atom is -0.331 e. The van der Waals surface area contributed by atoms with Gasteiger partial charge in [0.25, 0.3) is 5.92 Å². The highest BCUT2D eigenvalue weighted by Gasteiger charge is 2.40. The Balaban J connectivity index is 2.00. The van der Waals surface area contributed by atoms with Crippen LogP contribution in [0.1, 0.15) is 24.9 Å². The van der Waals surface area contributed by atoms with Crippen molar-refractivity contribution in [1.29, 1.82) is 0 Å². The average molecular weight is 333 g/mol. The van der Waals surface area contributed by atoms with Gasteiger partial charge in [-0.15, -0.1) is 0 Å². The Bertz CT molecular complexity index is 662. The summed E-state index contributed by atoms with van der Waals surface area (Å²) in [5.41, 5.74) is 0.645. The zero-order valence-electron chi connectivity index (χ0n) is 11.9. The topological polar surface area (TPSA) is 92.5 Å². The molecule has 0 bridgehead atoms. The van der Waals surface area contributed by atoms with E-state index in [4.69, 9.17) is 5.14 Å². The Kier molecular flexibility index (Phi) is 4.39. The maximum Gasteiger partial charge on any atom is 0.318 e. The number of hydrogen-bond acceptors (Lipinski definition) is 3. The second-order valence-electron chi connectivity index (χ2n) is 5.31. The summed E-state index contributed by atoms with van der Waals surface area (Å²) in [6.07, 6.45) is -0.335. The van der Waals surface area contributed by atoms with Gasteiger partial charge in [-0.25, -0.2) is 27.1 Å². The quantitative estimate of drug-likeness (QED) is 0.877. The zero-order chi connectivity index (χ0) is 16.5. The number of hydrogen-bond donors (Lipinski definition) is 2. The van der Waals surface area contributed by atoms with Crippen LogP contribution in [0.15, 0.2) is 29.2 Å². The Morgan fingerprint density at radius 2 is 1.95 bits per heavy atom. The molecule has 0 aromatic heterocycles. The molecule has 0 aliphatic carbocycles. The molecule has 1 aromatic rings. The molecular formula is C13H17F2N3O3S. The lowest BCUT2D eigenvalue weighted by Crippen LogP contribution is -2.40. The Labute approximate surface area is 127 Å². The van der Waals surface area contributed by atoms with E-state index < -0.39 is 34.6 Å². The summed E-state index contributed by atoms with van der Waals surface area (Å²) in [4.78, 5) is 12.9. The first-order valence-corrected chi connectivity index (χ1v) is 8.19. The third-order valence-electron chi connectivity index (χ3n) is 3.51. The minimum atomic E-state index is -3.77. The second-order valence-corrected chi connectivity index (χ2v) is 6.87. The number of benzene rings is 1. The smallest absolute Gasteiger partial charge is 0.318 e. The van der Waals surface area contributed by atoms with Crippen molar-refractivity contribution in [3.05, 3.63) is 29.8 Å². The van der Waals surface area contributed by atoms with Crippen molar-refractivity contribution < 1.29 is 22.0 Å². The Hall–Kier alpha value is -1.74. The molecule has 22 heavy (non-hydrogen) atoms. The summed E-state index contributed by atoms with van der Waals surface area (Å²) in [6, 6.07) is 4.68. The third-order valence-corrected chi connectivity index (χ3v) is 4.43. The number of halogens is 2. The van der Waals surface area contributed by atoms with Gasteiger partial charge in [0.1, 0.15) is 0 Å². The van der Waals surface area contributed by atoms with Crippen LogP contribution in [0.2, 0.25) is 0 Å². The number of nitrogens with one attached hydrogen (secondary N) is 1. The summed E-state index contributed by atoms with van der Waals surface area (Å²) in [5, 5.41) is 7.60. The first-order chi connectivity index (χ1) is 10.1. The third kappa shape index (κ3) is 3.92. The number of rotatable bonds is 3. The first-order valence-electron chi connectivity index (χ1n) is 6.64. The molecule has 122 valence electrons. The van der Waals surface area contributed by atoms with Crippen molar-refractivity contribution in [2.24, 2.45) is 5.14 Å². The molecule has 6 nitrogen and oxygen atoms in total. The van der Waals surface area contributed by atoms with E-state index in [1.54, 1.807) is 6.92 Å². The number of carbonyl (C=O) groups excluding carboxylic acids is 1. The van der Waals surface area contributed by atoms with Crippen LogP contribution in [-0.4, -0.2) is 38.4 Å². The van der Waals surface area contributed by atoms with Gasteiger partial charge in [-0.05, 0) is 24.6 Å². The Morgan fingerprint density at radius 1 is 1.36 bits per heavy atom. The van der Waals surface area contributed by atoms with Crippen LogP contribution in [-0.2, 0) is 10.0 Å². The number of likely N-dealkylation sites (tertiary alicyclic amines) is 1. The molecule has 0 spiro atoms. The lowest BCUT2D eigenvalue weighted by Gasteiger charge is -2.21. The lowest BCUT2D eigenvalue weighted by atomic mass is 10.1. The van der Waals surface area contributed by atoms with E-state index in [9.17, 15) is 22.0 Å². The highest BCUT2D eigenvalue weighted by molar-refractivity contribution is 7.89. The zero-order valence-corrected chi connectivity index (χ0v) is 12.7. The molecule has 0 radical (unpaired) electrons. The van der Waals surface area contributed by atoms with E-state index in [1.807, 2.05) is 0 Å². The number of carbonyl (C=O) groups is 1. The van der Waals surface area contributed by atoms with Crippen LogP contribution in [0.3, 0.4) is 0 Å². The number of primary sulfonamides is 1. The standard InChI is InChI=1S/C13H17F2N3O3S/c1-9(10-2-4-11(5-3-10)22(16,20)21)17-12(19)18-7-6-13(14,15)8-18/h2-5,9H,6-8H2,1H3,(H,17,19)(H2,16,20,21)/t9-/m0/s1. The molecule has 1 fully saturated rings. The largest absolute Gasteiger partial charge is 0.331 e. The van der Waals surface area contributed by atoms with Gasteiger partial charge in [0.15, 0.2) is 0 Å². The normalized spacial score (nSPS) is 19.0. The van der Waals surface area contributed by atoms with E-state index in [2.05, 4.69) is 5.32 Å². The van der Waals surface area contributed by atoms with Gasteiger partial charge in [-0.2, -0.15) is 0 Å². The maximum atomic E-state index is 13.1. The molecule has 1 heterocycles. The van der Waals surface area contributed by atoms with Crippen LogP contribution in [0.5, 0.6) is 0 Å². The van der Waals surface area contributed by atoms with Crippen molar-refractivity contribution in [2.45, 2.75) is 30.2 Å². The molecule has 9 heteroatoms. The first kappa shape index (κ1) is 16.6. The monoisotopic (exact) mass is 333 g/mol. The van der Waals surface area contributed by atoms with E-state index in [0.29, 0.717) is 5.56 Å². The van der Waals surface area contributed by atoms with Gasteiger partial charge >= 0.3 is 6.03 Å². The van der Waals surface area contributed by atoms with Gasteiger partial charge in [-0.3, -0.25) is 0 Å². The number of nitrogens with two attached hydrogens (primary N) is 1. The van der Waals surface area contributed by atoms with Crippen molar-refractivity contribution in [3.63, 3.8) is 0 Å². The molecule has 1 saturated heterocycles. The van der Waals surface area contributed by atoms with Crippen LogP contribution in [0.4, 0.5) is 13.6 Å². The number of sulfonamides is 1. The fourth-order valence-corrected chi connectivity index (χ4v) is 2.73. The van der Waals surface area contributed by atoms with Crippen molar-refractivity contribution in [3.8, 4) is 0 Å². The fraction of sp³-hybridized carbons (Fsp3) is 0.462. The van der Waals surface area contributed by atoms with E-state index >= 15 is 0 Å². The molecule has 1 aliphatic heterocycles. The molecule has 1 aromatic carbocycles. The van der Waals surface area contributed by atoms with Gasteiger partial charge in [0.05, 0.1) is 17.5 Å². The summed E-state index contributed by atoms with van der Waals surface area (Å²) < 4.78 is 48.5. The molecule has 1 aliphatic rings. The van der Waals surface area contributed by atoms with Gasteiger partial charge in [0.2, 0.25) is 10.0 Å². The second kappa shape index (κ2) is 5.81. The minimum absolute atomic E-state index is 0.00983. The summed E-state index contributed by atoms with van der Waals surface area (Å²) in [5.74, 6) is -2.84. The molecule has 2 amide bonds. The number of nitrogens with zero attached hydrogens (tertiary/aromatic N) is 1. The van der Waals surface area contributed by atoms with Crippen molar-refractivity contribution >= 4 is 16.1 Å². The predicted molar refractivity (Wildman–Crippen MR) is 75.9 cm³/mol.